The summed E-state index contributed by atoms with van der Waals surface area (Å²) < 4.78 is 5.52. The first-order valence-electron chi connectivity index (χ1n) is 6.95. The summed E-state index contributed by atoms with van der Waals surface area (Å²) in [4.78, 5) is 0. The molecule has 0 radical (unpaired) electrons. The largest absolute Gasteiger partial charge is 0.381 e. The fourth-order valence-electron chi connectivity index (χ4n) is 2.92. The first kappa shape index (κ1) is 12.5. The molecule has 96 valence electrons. The number of rotatable bonds is 2. The van der Waals surface area contributed by atoms with Crippen molar-refractivity contribution in [2.75, 3.05) is 5.73 Å². The highest BCUT2D eigenvalue weighted by Gasteiger charge is 2.24. The number of nitrogens with zero attached hydrogens (tertiary/aromatic N) is 1. The fraction of sp³-hybridized carbons (Fsp3) is 0.786. The molecule has 0 aliphatic heterocycles. The summed E-state index contributed by atoms with van der Waals surface area (Å²) in [6.07, 6.45) is 9.19. The molecule has 1 aromatic heterocycles. The minimum atomic E-state index is 0.404. The van der Waals surface area contributed by atoms with Gasteiger partial charge in [-0.2, -0.15) is 0 Å². The molecule has 0 atom stereocenters. The molecule has 1 saturated carbocycles. The molecule has 3 heteroatoms. The third-order valence-corrected chi connectivity index (χ3v) is 3.84. The van der Waals surface area contributed by atoms with Crippen LogP contribution in [-0.4, -0.2) is 5.16 Å². The number of nitrogens with two attached hydrogens (primary N) is 1. The van der Waals surface area contributed by atoms with E-state index < -0.39 is 0 Å². The van der Waals surface area contributed by atoms with Crippen LogP contribution in [0.4, 0.5) is 5.82 Å². The van der Waals surface area contributed by atoms with E-state index in [0.717, 1.165) is 11.3 Å². The van der Waals surface area contributed by atoms with Gasteiger partial charge in [0.1, 0.15) is 5.76 Å². The first-order valence-corrected chi connectivity index (χ1v) is 6.95. The lowest BCUT2D eigenvalue weighted by Crippen LogP contribution is -2.05. The van der Waals surface area contributed by atoms with E-state index in [2.05, 4.69) is 19.0 Å². The quantitative estimate of drug-likeness (QED) is 0.837. The zero-order valence-corrected chi connectivity index (χ0v) is 11.0. The molecule has 2 N–H and O–H groups in total. The van der Waals surface area contributed by atoms with Gasteiger partial charge >= 0.3 is 0 Å². The van der Waals surface area contributed by atoms with Crippen molar-refractivity contribution < 1.29 is 4.52 Å². The Morgan fingerprint density at radius 3 is 2.29 bits per heavy atom. The Labute approximate surface area is 104 Å². The second kappa shape index (κ2) is 5.56. The molecule has 17 heavy (non-hydrogen) atoms. The van der Waals surface area contributed by atoms with Gasteiger partial charge in [-0.3, -0.25) is 0 Å². The lowest BCUT2D eigenvalue weighted by molar-refractivity contribution is 0.328. The molecule has 3 nitrogen and oxygen atoms in total. The van der Waals surface area contributed by atoms with Gasteiger partial charge in [0.05, 0.1) is 0 Å². The van der Waals surface area contributed by atoms with E-state index in [4.69, 9.17) is 10.3 Å². The second-order valence-corrected chi connectivity index (χ2v) is 5.54. The first-order chi connectivity index (χ1) is 8.20. The maximum absolute atomic E-state index is 5.91. The van der Waals surface area contributed by atoms with Crippen LogP contribution in [0.15, 0.2) is 4.52 Å². The van der Waals surface area contributed by atoms with Crippen molar-refractivity contribution in [1.29, 1.82) is 0 Å². The van der Waals surface area contributed by atoms with Gasteiger partial charge in [-0.25, -0.2) is 0 Å². The van der Waals surface area contributed by atoms with Crippen molar-refractivity contribution in [3.05, 3.63) is 11.3 Å². The van der Waals surface area contributed by atoms with E-state index in [-0.39, 0.29) is 0 Å². The van der Waals surface area contributed by atoms with Crippen molar-refractivity contribution in [1.82, 2.24) is 5.16 Å². The lowest BCUT2D eigenvalue weighted by Gasteiger charge is -2.19. The number of aromatic nitrogens is 1. The Bertz CT molecular complexity index is 349. The summed E-state index contributed by atoms with van der Waals surface area (Å²) in [6, 6.07) is 0. The normalized spacial score (nSPS) is 19.2. The molecule has 1 fully saturated rings. The van der Waals surface area contributed by atoms with Crippen molar-refractivity contribution in [2.24, 2.45) is 0 Å². The van der Waals surface area contributed by atoms with Crippen LogP contribution in [0, 0.1) is 0 Å². The molecule has 1 aliphatic carbocycles. The molecule has 0 amide bonds. The molecule has 1 aliphatic rings. The zero-order chi connectivity index (χ0) is 12.3. The third kappa shape index (κ3) is 2.82. The predicted molar refractivity (Wildman–Crippen MR) is 70.1 cm³/mol. The third-order valence-electron chi connectivity index (χ3n) is 3.84. The van der Waals surface area contributed by atoms with Gasteiger partial charge in [0.15, 0.2) is 5.82 Å². The topological polar surface area (TPSA) is 52.0 Å². The average Bonchev–Trinajstić information content (AvgIpc) is 2.59. The Balaban J connectivity index is 2.19. The Morgan fingerprint density at radius 2 is 1.71 bits per heavy atom. The van der Waals surface area contributed by atoms with E-state index >= 15 is 0 Å². The van der Waals surface area contributed by atoms with Crippen LogP contribution in [-0.2, 0) is 0 Å². The maximum atomic E-state index is 5.91. The summed E-state index contributed by atoms with van der Waals surface area (Å²) in [5.74, 6) is 2.61. The van der Waals surface area contributed by atoms with Crippen LogP contribution in [0.3, 0.4) is 0 Å². The summed E-state index contributed by atoms with van der Waals surface area (Å²) >= 11 is 0. The Hall–Kier alpha value is -0.990. The summed E-state index contributed by atoms with van der Waals surface area (Å²) in [6.45, 7) is 4.32. The van der Waals surface area contributed by atoms with Gasteiger partial charge in [-0.15, -0.1) is 0 Å². The van der Waals surface area contributed by atoms with E-state index in [1.807, 2.05) is 0 Å². The summed E-state index contributed by atoms with van der Waals surface area (Å²) in [5.41, 5.74) is 7.06. The molecule has 0 bridgehead atoms. The van der Waals surface area contributed by atoms with E-state index in [0.29, 0.717) is 17.7 Å². The van der Waals surface area contributed by atoms with Crippen LogP contribution in [0.5, 0.6) is 0 Å². The highest BCUT2D eigenvalue weighted by Crippen LogP contribution is 2.37. The molecule has 0 saturated heterocycles. The van der Waals surface area contributed by atoms with Gasteiger partial charge in [-0.05, 0) is 18.8 Å². The molecule has 0 unspecified atom stereocenters. The Morgan fingerprint density at radius 1 is 1.12 bits per heavy atom. The van der Waals surface area contributed by atoms with Gasteiger partial charge < -0.3 is 10.3 Å². The van der Waals surface area contributed by atoms with Crippen LogP contribution < -0.4 is 5.73 Å². The number of hydrogen-bond donors (Lipinski definition) is 1. The standard InChI is InChI=1S/C14H24N2O/c1-10(2)12-13(17-16-14(12)15)11-8-6-4-3-5-7-9-11/h10-11H,3-9H2,1-2H3,(H2,15,16). The van der Waals surface area contributed by atoms with Crippen molar-refractivity contribution in [2.45, 2.75) is 70.6 Å². The molecule has 1 heterocycles. The molecule has 0 spiro atoms. The molecular formula is C14H24N2O. The SMILES string of the molecule is CC(C)c1c(N)noc1C1CCCCCCC1. The number of nitrogen functional groups attached to an aromatic ring is 1. The maximum Gasteiger partial charge on any atom is 0.170 e. The lowest BCUT2D eigenvalue weighted by atomic mass is 9.86. The van der Waals surface area contributed by atoms with E-state index in [1.165, 1.54) is 44.9 Å². The van der Waals surface area contributed by atoms with Crippen molar-refractivity contribution in [3.8, 4) is 0 Å². The minimum absolute atomic E-state index is 0.404. The fourth-order valence-corrected chi connectivity index (χ4v) is 2.92. The molecule has 1 aromatic rings. The average molecular weight is 236 g/mol. The van der Waals surface area contributed by atoms with Crippen LogP contribution in [0.25, 0.3) is 0 Å². The van der Waals surface area contributed by atoms with Crippen molar-refractivity contribution in [3.63, 3.8) is 0 Å². The predicted octanol–water partition coefficient (Wildman–Crippen LogP) is 4.21. The van der Waals surface area contributed by atoms with Crippen LogP contribution in [0.1, 0.15) is 82.0 Å². The smallest absolute Gasteiger partial charge is 0.170 e. The van der Waals surface area contributed by atoms with Crippen molar-refractivity contribution >= 4 is 5.82 Å². The summed E-state index contributed by atoms with van der Waals surface area (Å²) in [5, 5.41) is 3.97. The van der Waals surface area contributed by atoms with Gasteiger partial charge in [0.2, 0.25) is 0 Å². The summed E-state index contributed by atoms with van der Waals surface area (Å²) in [7, 11) is 0. The molecule has 0 aromatic carbocycles. The van der Waals surface area contributed by atoms with Gasteiger partial charge in [0.25, 0.3) is 0 Å². The highest BCUT2D eigenvalue weighted by molar-refractivity contribution is 5.43. The second-order valence-electron chi connectivity index (χ2n) is 5.54. The van der Waals surface area contributed by atoms with Crippen LogP contribution >= 0.6 is 0 Å². The zero-order valence-electron chi connectivity index (χ0n) is 11.0. The van der Waals surface area contributed by atoms with E-state index in [1.54, 1.807) is 0 Å². The Kier molecular flexibility index (Phi) is 4.08. The monoisotopic (exact) mass is 236 g/mol. The molecule has 2 rings (SSSR count). The number of anilines is 1. The van der Waals surface area contributed by atoms with E-state index in [9.17, 15) is 0 Å². The van der Waals surface area contributed by atoms with Gasteiger partial charge in [-0.1, -0.05) is 51.1 Å². The van der Waals surface area contributed by atoms with Gasteiger partial charge in [0, 0.05) is 11.5 Å². The minimum Gasteiger partial charge on any atom is -0.381 e. The highest BCUT2D eigenvalue weighted by atomic mass is 16.5. The van der Waals surface area contributed by atoms with Crippen LogP contribution in [0.2, 0.25) is 0 Å². The molecular weight excluding hydrogens is 212 g/mol. The number of hydrogen-bond acceptors (Lipinski definition) is 3.